The van der Waals surface area contributed by atoms with Gasteiger partial charge in [0, 0.05) is 48.3 Å². The lowest BCUT2D eigenvalue weighted by Gasteiger charge is -2.20. The summed E-state index contributed by atoms with van der Waals surface area (Å²) in [6, 6.07) is 14.4. The Morgan fingerprint density at radius 2 is 1.93 bits per heavy atom. The number of benzene rings is 1. The van der Waals surface area contributed by atoms with Crippen LogP contribution in [-0.4, -0.2) is 28.1 Å². The first-order chi connectivity index (χ1) is 13.2. The Balaban J connectivity index is 1.53. The van der Waals surface area contributed by atoms with Crippen LogP contribution >= 0.6 is 0 Å². The maximum Gasteiger partial charge on any atom is 0.163 e. The number of nitrogens with zero attached hydrogens (tertiary/aromatic N) is 3. The number of rotatable bonds is 5. The maximum atomic E-state index is 6.01. The number of pyridine rings is 1. The van der Waals surface area contributed by atoms with E-state index < -0.39 is 0 Å². The van der Waals surface area contributed by atoms with Crippen molar-refractivity contribution in [3.63, 3.8) is 0 Å². The average molecular weight is 360 g/mol. The lowest BCUT2D eigenvalue weighted by molar-refractivity contribution is 0.0933. The maximum absolute atomic E-state index is 6.01. The highest BCUT2D eigenvalue weighted by atomic mass is 16.5. The summed E-state index contributed by atoms with van der Waals surface area (Å²) in [5.74, 6) is 2.01. The molecule has 5 nitrogen and oxygen atoms in total. The lowest BCUT2D eigenvalue weighted by atomic mass is 9.95. The molecule has 0 radical (unpaired) electrons. The summed E-state index contributed by atoms with van der Waals surface area (Å²) in [6.45, 7) is 5.70. The van der Waals surface area contributed by atoms with E-state index in [2.05, 4.69) is 46.5 Å². The first-order valence-electron chi connectivity index (χ1n) is 9.38. The van der Waals surface area contributed by atoms with Crippen LogP contribution in [0.5, 0.6) is 0 Å². The van der Waals surface area contributed by atoms with Gasteiger partial charge in [-0.1, -0.05) is 30.3 Å². The molecule has 0 amide bonds. The third-order valence-corrected chi connectivity index (χ3v) is 5.18. The summed E-state index contributed by atoms with van der Waals surface area (Å²) in [6.07, 6.45) is 4.74. The second-order valence-electron chi connectivity index (χ2n) is 6.98. The molecule has 0 spiro atoms. The molecule has 1 saturated heterocycles. The van der Waals surface area contributed by atoms with Crippen LogP contribution in [-0.2, 0) is 4.74 Å². The fourth-order valence-corrected chi connectivity index (χ4v) is 3.51. The Morgan fingerprint density at radius 1 is 1.07 bits per heavy atom. The molecule has 0 aliphatic carbocycles. The van der Waals surface area contributed by atoms with Gasteiger partial charge in [-0.25, -0.2) is 9.97 Å². The van der Waals surface area contributed by atoms with Gasteiger partial charge in [-0.15, -0.1) is 0 Å². The molecule has 2 atom stereocenters. The van der Waals surface area contributed by atoms with Crippen LogP contribution in [0.25, 0.3) is 11.4 Å². The first-order valence-corrected chi connectivity index (χ1v) is 9.38. The van der Waals surface area contributed by atoms with Crippen molar-refractivity contribution in [2.75, 3.05) is 18.5 Å². The van der Waals surface area contributed by atoms with Crippen LogP contribution in [0.15, 0.2) is 54.9 Å². The fraction of sp³-hybridized carbons (Fsp3) is 0.318. The van der Waals surface area contributed by atoms with E-state index in [4.69, 9.17) is 9.72 Å². The van der Waals surface area contributed by atoms with Crippen molar-refractivity contribution in [1.82, 2.24) is 15.0 Å². The van der Waals surface area contributed by atoms with E-state index in [1.54, 1.807) is 12.4 Å². The number of hydrogen-bond acceptors (Lipinski definition) is 5. The number of ether oxygens (including phenoxy) is 1. The molecule has 138 valence electrons. The van der Waals surface area contributed by atoms with Crippen molar-refractivity contribution in [3.05, 3.63) is 71.7 Å². The van der Waals surface area contributed by atoms with Gasteiger partial charge in [-0.05, 0) is 38.0 Å². The van der Waals surface area contributed by atoms with Gasteiger partial charge < -0.3 is 10.1 Å². The van der Waals surface area contributed by atoms with Crippen molar-refractivity contribution >= 4 is 5.82 Å². The van der Waals surface area contributed by atoms with Gasteiger partial charge in [-0.3, -0.25) is 4.98 Å². The highest BCUT2D eigenvalue weighted by Gasteiger charge is 2.29. The molecule has 2 aromatic heterocycles. The van der Waals surface area contributed by atoms with Gasteiger partial charge in [0.2, 0.25) is 0 Å². The summed E-state index contributed by atoms with van der Waals surface area (Å²) >= 11 is 0. The summed E-state index contributed by atoms with van der Waals surface area (Å²) < 4.78 is 6.01. The summed E-state index contributed by atoms with van der Waals surface area (Å²) in [4.78, 5) is 13.6. The molecule has 1 aliphatic rings. The minimum Gasteiger partial charge on any atom is -0.373 e. The van der Waals surface area contributed by atoms with Crippen molar-refractivity contribution in [1.29, 1.82) is 0 Å². The van der Waals surface area contributed by atoms with Crippen LogP contribution in [0.2, 0.25) is 0 Å². The zero-order valence-electron chi connectivity index (χ0n) is 15.7. The zero-order valence-corrected chi connectivity index (χ0v) is 15.7. The van der Waals surface area contributed by atoms with E-state index in [1.807, 2.05) is 25.1 Å². The van der Waals surface area contributed by atoms with Crippen molar-refractivity contribution in [2.45, 2.75) is 26.4 Å². The second kappa shape index (κ2) is 7.84. The monoisotopic (exact) mass is 360 g/mol. The predicted octanol–water partition coefficient (Wildman–Crippen LogP) is 4.35. The molecule has 1 N–H and O–H groups in total. The van der Waals surface area contributed by atoms with Crippen molar-refractivity contribution < 1.29 is 4.74 Å². The standard InChI is InChI=1S/C22H24N4O/c1-15-16(2)25-22(19-9-6-11-23-13-19)26-21(15)24-14-18-10-12-27-20(18)17-7-4-3-5-8-17/h3-9,11,13,18,20H,10,12,14H2,1-2H3,(H,24,25,26). The van der Waals surface area contributed by atoms with Crippen LogP contribution in [0.1, 0.15) is 29.3 Å². The van der Waals surface area contributed by atoms with Crippen molar-refractivity contribution in [3.8, 4) is 11.4 Å². The Labute approximate surface area is 159 Å². The zero-order chi connectivity index (χ0) is 18.6. The molecule has 27 heavy (non-hydrogen) atoms. The molecular weight excluding hydrogens is 336 g/mol. The van der Waals surface area contributed by atoms with Gasteiger partial charge in [0.15, 0.2) is 5.82 Å². The molecular formula is C22H24N4O. The quantitative estimate of drug-likeness (QED) is 0.733. The Morgan fingerprint density at radius 3 is 2.70 bits per heavy atom. The molecule has 1 aliphatic heterocycles. The van der Waals surface area contributed by atoms with E-state index in [0.717, 1.165) is 42.2 Å². The number of nitrogens with one attached hydrogen (secondary N) is 1. The van der Waals surface area contributed by atoms with E-state index in [9.17, 15) is 0 Å². The minimum absolute atomic E-state index is 0.139. The third-order valence-electron chi connectivity index (χ3n) is 5.18. The highest BCUT2D eigenvalue weighted by molar-refractivity contribution is 5.58. The summed E-state index contributed by atoms with van der Waals surface area (Å²) in [7, 11) is 0. The molecule has 3 aromatic rings. The number of hydrogen-bond donors (Lipinski definition) is 1. The molecule has 0 saturated carbocycles. The van der Waals surface area contributed by atoms with Crippen LogP contribution in [0.3, 0.4) is 0 Å². The van der Waals surface area contributed by atoms with Crippen molar-refractivity contribution in [2.24, 2.45) is 5.92 Å². The third kappa shape index (κ3) is 3.83. The molecule has 2 unspecified atom stereocenters. The average Bonchev–Trinajstić information content (AvgIpc) is 3.19. The first kappa shape index (κ1) is 17.6. The van der Waals surface area contributed by atoms with Gasteiger partial charge in [0.05, 0.1) is 6.10 Å². The topological polar surface area (TPSA) is 59.9 Å². The van der Waals surface area contributed by atoms with Gasteiger partial charge in [0.25, 0.3) is 0 Å². The van der Waals surface area contributed by atoms with E-state index in [1.165, 1.54) is 5.56 Å². The molecule has 0 bridgehead atoms. The smallest absolute Gasteiger partial charge is 0.163 e. The second-order valence-corrected chi connectivity index (χ2v) is 6.98. The van der Waals surface area contributed by atoms with E-state index in [0.29, 0.717) is 11.7 Å². The molecule has 1 fully saturated rings. The van der Waals surface area contributed by atoms with Crippen LogP contribution < -0.4 is 5.32 Å². The van der Waals surface area contributed by atoms with Gasteiger partial charge in [-0.2, -0.15) is 0 Å². The molecule has 3 heterocycles. The minimum atomic E-state index is 0.139. The predicted molar refractivity (Wildman–Crippen MR) is 106 cm³/mol. The van der Waals surface area contributed by atoms with Crippen LogP contribution in [0.4, 0.5) is 5.82 Å². The largest absolute Gasteiger partial charge is 0.373 e. The number of aromatic nitrogens is 3. The van der Waals surface area contributed by atoms with E-state index >= 15 is 0 Å². The van der Waals surface area contributed by atoms with Gasteiger partial charge in [0.1, 0.15) is 5.82 Å². The van der Waals surface area contributed by atoms with Crippen LogP contribution in [0, 0.1) is 19.8 Å². The van der Waals surface area contributed by atoms with E-state index in [-0.39, 0.29) is 6.10 Å². The Kier molecular flexibility index (Phi) is 5.12. The fourth-order valence-electron chi connectivity index (χ4n) is 3.51. The number of aryl methyl sites for hydroxylation is 1. The normalized spacial score (nSPS) is 19.2. The summed E-state index contributed by atoms with van der Waals surface area (Å²) in [5, 5.41) is 3.55. The Bertz CT molecular complexity index is 899. The Hall–Kier alpha value is -2.79. The molecule has 1 aromatic carbocycles. The summed E-state index contributed by atoms with van der Waals surface area (Å²) in [5.41, 5.74) is 4.23. The SMILES string of the molecule is Cc1nc(-c2cccnc2)nc(NCC2CCOC2c2ccccc2)c1C. The lowest BCUT2D eigenvalue weighted by Crippen LogP contribution is -2.19. The van der Waals surface area contributed by atoms with Gasteiger partial charge >= 0.3 is 0 Å². The molecule has 4 rings (SSSR count). The molecule has 5 heteroatoms. The number of anilines is 1. The highest BCUT2D eigenvalue weighted by Crippen LogP contribution is 2.34.